The number of hydrogen-bond acceptors (Lipinski definition) is 5. The quantitative estimate of drug-likeness (QED) is 0.758. The smallest absolute Gasteiger partial charge is 0.268 e. The highest BCUT2D eigenvalue weighted by Gasteiger charge is 2.13. The number of nitrogens with two attached hydrogens (primary N) is 1. The van der Waals surface area contributed by atoms with Gasteiger partial charge in [0.15, 0.2) is 0 Å². The maximum absolute atomic E-state index is 11.9. The molecule has 1 unspecified atom stereocenters. The fourth-order valence-electron chi connectivity index (χ4n) is 2.16. The molecule has 0 bridgehead atoms. The van der Waals surface area contributed by atoms with E-state index in [1.807, 2.05) is 0 Å². The average Bonchev–Trinajstić information content (AvgIpc) is 2.42. The zero-order chi connectivity index (χ0) is 13.0. The summed E-state index contributed by atoms with van der Waals surface area (Å²) in [4.78, 5) is 14.0. The Kier molecular flexibility index (Phi) is 4.33. The Morgan fingerprint density at radius 2 is 2.11 bits per heavy atom. The number of anilines is 1. The Balaban J connectivity index is 2.11. The minimum absolute atomic E-state index is 0.127. The van der Waals surface area contributed by atoms with Gasteiger partial charge in [0.05, 0.1) is 24.5 Å². The molecular formula is C12H20N4O2. The van der Waals surface area contributed by atoms with Gasteiger partial charge in [-0.05, 0) is 19.3 Å². The van der Waals surface area contributed by atoms with Crippen LogP contribution in [0.25, 0.3) is 0 Å². The summed E-state index contributed by atoms with van der Waals surface area (Å²) in [6, 6.07) is 1.58. The molecule has 0 spiro atoms. The summed E-state index contributed by atoms with van der Waals surface area (Å²) in [5, 5.41) is 13.5. The number of aromatic nitrogens is 2. The fourth-order valence-corrected chi connectivity index (χ4v) is 2.16. The lowest BCUT2D eigenvalue weighted by atomic mass is 10.1. The van der Waals surface area contributed by atoms with E-state index in [4.69, 9.17) is 5.73 Å². The maximum Gasteiger partial charge on any atom is 0.268 e. The molecule has 1 aromatic heterocycles. The van der Waals surface area contributed by atoms with E-state index in [-0.39, 0.29) is 18.6 Å². The van der Waals surface area contributed by atoms with Crippen LogP contribution in [0.3, 0.4) is 0 Å². The van der Waals surface area contributed by atoms with Crippen LogP contribution in [0.5, 0.6) is 0 Å². The molecule has 0 aromatic carbocycles. The highest BCUT2D eigenvalue weighted by atomic mass is 16.3. The molecule has 2 rings (SSSR count). The van der Waals surface area contributed by atoms with Crippen LogP contribution >= 0.6 is 0 Å². The van der Waals surface area contributed by atoms with E-state index in [1.54, 1.807) is 12.3 Å². The standard InChI is InChI=1S/C12H20N4O2/c13-7-11(17)9-16-12(18)6-10(8-14-16)15-4-2-1-3-5-15/h6,8,11,17H,1-5,7,9,13H2. The van der Waals surface area contributed by atoms with Gasteiger partial charge in [0.2, 0.25) is 0 Å². The Morgan fingerprint density at radius 3 is 2.72 bits per heavy atom. The Hall–Kier alpha value is -1.40. The van der Waals surface area contributed by atoms with Crippen LogP contribution in [-0.4, -0.2) is 40.6 Å². The summed E-state index contributed by atoms with van der Waals surface area (Å²) in [6.45, 7) is 2.24. The molecule has 6 nitrogen and oxygen atoms in total. The molecule has 0 saturated carbocycles. The topological polar surface area (TPSA) is 84.4 Å². The molecule has 1 aromatic rings. The number of rotatable bonds is 4. The molecule has 3 N–H and O–H groups in total. The molecule has 1 atom stereocenters. The lowest BCUT2D eigenvalue weighted by Gasteiger charge is -2.28. The van der Waals surface area contributed by atoms with Crippen molar-refractivity contribution in [2.75, 3.05) is 24.5 Å². The van der Waals surface area contributed by atoms with Crippen LogP contribution in [0.15, 0.2) is 17.1 Å². The lowest BCUT2D eigenvalue weighted by molar-refractivity contribution is 0.155. The van der Waals surface area contributed by atoms with Crippen molar-refractivity contribution >= 4 is 5.69 Å². The van der Waals surface area contributed by atoms with Crippen molar-refractivity contribution < 1.29 is 5.11 Å². The first-order valence-electron chi connectivity index (χ1n) is 6.41. The number of hydrogen-bond donors (Lipinski definition) is 2. The summed E-state index contributed by atoms with van der Waals surface area (Å²) in [6.07, 6.45) is 4.54. The van der Waals surface area contributed by atoms with Gasteiger partial charge in [0.25, 0.3) is 5.56 Å². The molecule has 100 valence electrons. The van der Waals surface area contributed by atoms with Gasteiger partial charge in [-0.25, -0.2) is 4.68 Å². The number of aliphatic hydroxyl groups is 1. The first-order chi connectivity index (χ1) is 8.70. The third-order valence-electron chi connectivity index (χ3n) is 3.23. The van der Waals surface area contributed by atoms with Crippen molar-refractivity contribution in [3.63, 3.8) is 0 Å². The van der Waals surface area contributed by atoms with Gasteiger partial charge < -0.3 is 15.7 Å². The largest absolute Gasteiger partial charge is 0.390 e. The van der Waals surface area contributed by atoms with Gasteiger partial charge in [-0.3, -0.25) is 4.79 Å². The van der Waals surface area contributed by atoms with Crippen LogP contribution < -0.4 is 16.2 Å². The zero-order valence-electron chi connectivity index (χ0n) is 10.5. The Bertz CT molecular complexity index is 440. The van der Waals surface area contributed by atoms with Crippen LogP contribution in [0.1, 0.15) is 19.3 Å². The molecule has 1 aliphatic rings. The van der Waals surface area contributed by atoms with Crippen LogP contribution in [0.2, 0.25) is 0 Å². The van der Waals surface area contributed by atoms with Gasteiger partial charge >= 0.3 is 0 Å². The van der Waals surface area contributed by atoms with E-state index in [1.165, 1.54) is 11.1 Å². The molecule has 2 heterocycles. The van der Waals surface area contributed by atoms with Gasteiger partial charge in [-0.2, -0.15) is 5.10 Å². The number of piperidine rings is 1. The minimum atomic E-state index is -0.726. The van der Waals surface area contributed by atoms with Crippen molar-refractivity contribution in [1.82, 2.24) is 9.78 Å². The molecule has 1 fully saturated rings. The number of aliphatic hydroxyl groups excluding tert-OH is 1. The number of nitrogens with zero attached hydrogens (tertiary/aromatic N) is 3. The molecular weight excluding hydrogens is 232 g/mol. The Morgan fingerprint density at radius 1 is 1.39 bits per heavy atom. The first kappa shape index (κ1) is 13.0. The summed E-state index contributed by atoms with van der Waals surface area (Å²) in [7, 11) is 0. The average molecular weight is 252 g/mol. The van der Waals surface area contributed by atoms with Crippen molar-refractivity contribution in [2.24, 2.45) is 5.73 Å². The van der Waals surface area contributed by atoms with Gasteiger partial charge in [0, 0.05) is 25.7 Å². The molecule has 0 amide bonds. The zero-order valence-corrected chi connectivity index (χ0v) is 10.5. The second kappa shape index (κ2) is 5.97. The molecule has 6 heteroatoms. The minimum Gasteiger partial charge on any atom is -0.390 e. The van der Waals surface area contributed by atoms with Crippen molar-refractivity contribution in [3.8, 4) is 0 Å². The third kappa shape index (κ3) is 3.08. The van der Waals surface area contributed by atoms with E-state index in [2.05, 4.69) is 10.00 Å². The van der Waals surface area contributed by atoms with E-state index in [9.17, 15) is 9.90 Å². The van der Waals surface area contributed by atoms with Crippen LogP contribution in [-0.2, 0) is 6.54 Å². The normalized spacial score (nSPS) is 17.8. The van der Waals surface area contributed by atoms with E-state index < -0.39 is 6.10 Å². The van der Waals surface area contributed by atoms with Crippen molar-refractivity contribution in [3.05, 3.63) is 22.6 Å². The monoisotopic (exact) mass is 252 g/mol. The second-order valence-corrected chi connectivity index (χ2v) is 4.67. The van der Waals surface area contributed by atoms with Crippen LogP contribution in [0.4, 0.5) is 5.69 Å². The van der Waals surface area contributed by atoms with E-state index in [0.717, 1.165) is 31.6 Å². The van der Waals surface area contributed by atoms with E-state index >= 15 is 0 Å². The summed E-state index contributed by atoms with van der Waals surface area (Å²) in [5.41, 5.74) is 6.00. The molecule has 0 radical (unpaired) electrons. The lowest BCUT2D eigenvalue weighted by Crippen LogP contribution is -2.35. The highest BCUT2D eigenvalue weighted by molar-refractivity contribution is 5.43. The van der Waals surface area contributed by atoms with Gasteiger partial charge in [-0.1, -0.05) is 0 Å². The molecule has 1 aliphatic heterocycles. The van der Waals surface area contributed by atoms with E-state index in [0.29, 0.717) is 0 Å². The van der Waals surface area contributed by atoms with Gasteiger partial charge in [0.1, 0.15) is 0 Å². The maximum atomic E-state index is 11.9. The van der Waals surface area contributed by atoms with Gasteiger partial charge in [-0.15, -0.1) is 0 Å². The van der Waals surface area contributed by atoms with Crippen LogP contribution in [0, 0.1) is 0 Å². The second-order valence-electron chi connectivity index (χ2n) is 4.67. The predicted octanol–water partition coefficient (Wildman–Crippen LogP) is -0.447. The fraction of sp³-hybridized carbons (Fsp3) is 0.667. The SMILES string of the molecule is NCC(O)Cn1ncc(N2CCCCC2)cc1=O. The third-order valence-corrected chi connectivity index (χ3v) is 3.23. The molecule has 18 heavy (non-hydrogen) atoms. The predicted molar refractivity (Wildman–Crippen MR) is 69.6 cm³/mol. The summed E-state index contributed by atoms with van der Waals surface area (Å²) in [5.74, 6) is 0. The summed E-state index contributed by atoms with van der Waals surface area (Å²) >= 11 is 0. The molecule has 1 saturated heterocycles. The van der Waals surface area contributed by atoms with Crippen molar-refractivity contribution in [1.29, 1.82) is 0 Å². The summed E-state index contributed by atoms with van der Waals surface area (Å²) < 4.78 is 1.25. The Labute approximate surface area is 106 Å². The highest BCUT2D eigenvalue weighted by Crippen LogP contribution is 2.16. The van der Waals surface area contributed by atoms with Crippen molar-refractivity contribution in [2.45, 2.75) is 31.9 Å². The molecule has 0 aliphatic carbocycles. The first-order valence-corrected chi connectivity index (χ1v) is 6.41.